The minimum atomic E-state index is -3.93. The number of carbonyl (C=O) groups excluding carboxylic acids is 1. The van der Waals surface area contributed by atoms with Gasteiger partial charge in [-0.3, -0.25) is 9.52 Å². The van der Waals surface area contributed by atoms with Crippen LogP contribution in [0.4, 0.5) is 5.69 Å². The maximum absolute atomic E-state index is 12.4. The van der Waals surface area contributed by atoms with Crippen molar-refractivity contribution >= 4 is 44.8 Å². The topological polar surface area (TPSA) is 88.2 Å². The average molecular weight is 402 g/mol. The predicted molar refractivity (Wildman–Crippen MR) is 98.7 cm³/mol. The molecule has 1 aromatic carbocycles. The first-order valence-electron chi connectivity index (χ1n) is 7.25. The molecular formula is C16H17Cl2N3O3S. The van der Waals surface area contributed by atoms with Gasteiger partial charge >= 0.3 is 0 Å². The van der Waals surface area contributed by atoms with Gasteiger partial charge in [-0.15, -0.1) is 0 Å². The van der Waals surface area contributed by atoms with Crippen molar-refractivity contribution in [2.24, 2.45) is 0 Å². The largest absolute Gasteiger partial charge is 0.347 e. The van der Waals surface area contributed by atoms with E-state index in [1.807, 2.05) is 20.8 Å². The minimum Gasteiger partial charge on any atom is -0.347 e. The zero-order valence-corrected chi connectivity index (χ0v) is 16.1. The van der Waals surface area contributed by atoms with Crippen LogP contribution in [0.25, 0.3) is 0 Å². The van der Waals surface area contributed by atoms with Crippen molar-refractivity contribution < 1.29 is 13.2 Å². The Morgan fingerprint density at radius 3 is 2.16 bits per heavy atom. The lowest BCUT2D eigenvalue weighted by Crippen LogP contribution is -2.40. The molecule has 9 heteroatoms. The Labute approximate surface area is 156 Å². The molecule has 0 aliphatic carbocycles. The van der Waals surface area contributed by atoms with E-state index in [0.29, 0.717) is 11.3 Å². The second kappa shape index (κ2) is 7.19. The molecule has 1 aromatic heterocycles. The molecule has 0 unspecified atom stereocenters. The van der Waals surface area contributed by atoms with Crippen LogP contribution in [0.15, 0.2) is 41.3 Å². The van der Waals surface area contributed by atoms with Gasteiger partial charge < -0.3 is 5.32 Å². The molecule has 2 aromatic rings. The summed E-state index contributed by atoms with van der Waals surface area (Å²) < 4.78 is 27.1. The number of rotatable bonds is 4. The quantitative estimate of drug-likeness (QED) is 0.763. The van der Waals surface area contributed by atoms with Crippen LogP contribution in [-0.2, 0) is 10.0 Å². The molecule has 2 rings (SSSR count). The number of halogens is 2. The van der Waals surface area contributed by atoms with E-state index in [4.69, 9.17) is 23.2 Å². The normalized spacial score (nSPS) is 11.9. The molecule has 0 spiro atoms. The molecule has 2 N–H and O–H groups in total. The van der Waals surface area contributed by atoms with Crippen LogP contribution in [0.1, 0.15) is 31.1 Å². The van der Waals surface area contributed by atoms with Crippen LogP contribution in [0.3, 0.4) is 0 Å². The Morgan fingerprint density at radius 2 is 1.64 bits per heavy atom. The van der Waals surface area contributed by atoms with Crippen LogP contribution in [0.2, 0.25) is 10.3 Å². The lowest BCUT2D eigenvalue weighted by molar-refractivity contribution is 0.0919. The molecule has 0 atom stereocenters. The van der Waals surface area contributed by atoms with Crippen LogP contribution in [0, 0.1) is 0 Å². The van der Waals surface area contributed by atoms with Crippen molar-refractivity contribution in [2.75, 3.05) is 4.72 Å². The Hall–Kier alpha value is -1.83. The van der Waals surface area contributed by atoms with Crippen molar-refractivity contribution in [1.29, 1.82) is 0 Å². The van der Waals surface area contributed by atoms with Crippen molar-refractivity contribution in [3.05, 3.63) is 52.3 Å². The van der Waals surface area contributed by atoms with Gasteiger partial charge in [-0.1, -0.05) is 23.2 Å². The zero-order chi connectivity index (χ0) is 18.8. The fourth-order valence-electron chi connectivity index (χ4n) is 1.91. The Morgan fingerprint density at radius 1 is 1.04 bits per heavy atom. The number of hydrogen-bond donors (Lipinski definition) is 2. The van der Waals surface area contributed by atoms with Crippen molar-refractivity contribution in [3.8, 4) is 0 Å². The van der Waals surface area contributed by atoms with E-state index in [0.717, 1.165) is 0 Å². The molecule has 0 fully saturated rings. The van der Waals surface area contributed by atoms with Crippen molar-refractivity contribution in [1.82, 2.24) is 10.3 Å². The summed E-state index contributed by atoms with van der Waals surface area (Å²) in [5, 5.41) is 2.70. The first kappa shape index (κ1) is 19.5. The zero-order valence-electron chi connectivity index (χ0n) is 13.8. The van der Waals surface area contributed by atoms with Gasteiger partial charge in [-0.2, -0.15) is 0 Å². The molecule has 1 amide bonds. The summed E-state index contributed by atoms with van der Waals surface area (Å²) in [6, 6.07) is 8.65. The average Bonchev–Trinajstić information content (AvgIpc) is 2.45. The van der Waals surface area contributed by atoms with Crippen LogP contribution < -0.4 is 10.0 Å². The molecular weight excluding hydrogens is 385 g/mol. The van der Waals surface area contributed by atoms with E-state index in [1.165, 1.54) is 36.4 Å². The number of benzene rings is 1. The number of sulfonamides is 1. The van der Waals surface area contributed by atoms with Gasteiger partial charge in [-0.05, 0) is 57.2 Å². The molecule has 0 saturated carbocycles. The van der Waals surface area contributed by atoms with E-state index in [-0.39, 0.29) is 26.6 Å². The second-order valence-corrected chi connectivity index (χ2v) is 8.71. The highest BCUT2D eigenvalue weighted by Gasteiger charge is 2.20. The van der Waals surface area contributed by atoms with Gasteiger partial charge in [0.25, 0.3) is 15.9 Å². The number of nitrogens with zero attached hydrogens (tertiary/aromatic N) is 1. The van der Waals surface area contributed by atoms with Gasteiger partial charge in [0.05, 0.1) is 0 Å². The summed E-state index contributed by atoms with van der Waals surface area (Å²) in [5.41, 5.74) is 0.345. The molecule has 0 aliphatic rings. The third kappa shape index (κ3) is 5.32. The molecule has 1 heterocycles. The van der Waals surface area contributed by atoms with E-state index in [2.05, 4.69) is 15.0 Å². The Bertz CT molecular complexity index is 892. The molecule has 25 heavy (non-hydrogen) atoms. The Kier molecular flexibility index (Phi) is 5.61. The highest BCUT2D eigenvalue weighted by Crippen LogP contribution is 2.24. The Balaban J connectivity index is 2.19. The third-order valence-corrected chi connectivity index (χ3v) is 4.98. The maximum atomic E-state index is 12.4. The van der Waals surface area contributed by atoms with Crippen molar-refractivity contribution in [3.63, 3.8) is 0 Å². The summed E-state index contributed by atoms with van der Waals surface area (Å²) in [6.45, 7) is 5.62. The van der Waals surface area contributed by atoms with E-state index in [9.17, 15) is 13.2 Å². The fraction of sp³-hybridized carbons (Fsp3) is 0.250. The molecule has 0 radical (unpaired) electrons. The molecule has 134 valence electrons. The highest BCUT2D eigenvalue weighted by molar-refractivity contribution is 7.92. The summed E-state index contributed by atoms with van der Waals surface area (Å²) in [7, 11) is -3.93. The summed E-state index contributed by atoms with van der Waals surface area (Å²) in [4.78, 5) is 15.6. The predicted octanol–water partition coefficient (Wildman–Crippen LogP) is 3.72. The third-order valence-electron chi connectivity index (χ3n) is 2.96. The number of pyridine rings is 1. The molecule has 0 bridgehead atoms. The molecule has 0 saturated heterocycles. The maximum Gasteiger partial charge on any atom is 0.264 e. The highest BCUT2D eigenvalue weighted by atomic mass is 35.5. The number of nitrogens with one attached hydrogen (secondary N) is 2. The van der Waals surface area contributed by atoms with Gasteiger partial charge in [0.1, 0.15) is 10.0 Å². The van der Waals surface area contributed by atoms with Gasteiger partial charge in [0, 0.05) is 16.8 Å². The summed E-state index contributed by atoms with van der Waals surface area (Å²) in [6.07, 6.45) is 0. The van der Waals surface area contributed by atoms with E-state index < -0.39 is 10.0 Å². The smallest absolute Gasteiger partial charge is 0.264 e. The van der Waals surface area contributed by atoms with E-state index >= 15 is 0 Å². The number of carbonyl (C=O) groups is 1. The van der Waals surface area contributed by atoms with Gasteiger partial charge in [-0.25, -0.2) is 13.4 Å². The van der Waals surface area contributed by atoms with Gasteiger partial charge in [0.15, 0.2) is 5.15 Å². The number of hydrogen-bond acceptors (Lipinski definition) is 4. The van der Waals surface area contributed by atoms with E-state index in [1.54, 1.807) is 0 Å². The first-order chi connectivity index (χ1) is 11.5. The number of anilines is 1. The SMILES string of the molecule is CC(C)(C)NC(=O)c1ccc(NS(=O)(=O)c2ccc(Cl)nc2Cl)cc1. The molecule has 0 aliphatic heterocycles. The standard InChI is InChI=1S/C16H17Cl2N3O3S/c1-16(2,3)20-15(22)10-4-6-11(7-5-10)21-25(23,24)12-8-9-13(17)19-14(12)18/h4-9,21H,1-3H3,(H,20,22). The number of amides is 1. The first-order valence-corrected chi connectivity index (χ1v) is 9.49. The monoisotopic (exact) mass is 401 g/mol. The van der Waals surface area contributed by atoms with Crippen molar-refractivity contribution in [2.45, 2.75) is 31.2 Å². The lowest BCUT2D eigenvalue weighted by atomic mass is 10.1. The fourth-order valence-corrected chi connectivity index (χ4v) is 3.63. The minimum absolute atomic E-state index is 0.0955. The number of aromatic nitrogens is 1. The summed E-state index contributed by atoms with van der Waals surface area (Å²) >= 11 is 11.5. The second-order valence-electron chi connectivity index (χ2n) is 6.31. The van der Waals surface area contributed by atoms with Gasteiger partial charge in [0.2, 0.25) is 0 Å². The van der Waals surface area contributed by atoms with Crippen LogP contribution in [0.5, 0.6) is 0 Å². The summed E-state index contributed by atoms with van der Waals surface area (Å²) in [5.74, 6) is -0.244. The lowest BCUT2D eigenvalue weighted by Gasteiger charge is -2.20. The van der Waals surface area contributed by atoms with Crippen LogP contribution >= 0.6 is 23.2 Å². The van der Waals surface area contributed by atoms with Crippen LogP contribution in [-0.4, -0.2) is 24.8 Å². The molecule has 6 nitrogen and oxygen atoms in total.